The van der Waals surface area contributed by atoms with Crippen molar-refractivity contribution in [2.45, 2.75) is 6.54 Å². The first-order chi connectivity index (χ1) is 8.65. The molecule has 0 aliphatic rings. The van der Waals surface area contributed by atoms with Gasteiger partial charge in [-0.25, -0.2) is 10.2 Å². The van der Waals surface area contributed by atoms with Gasteiger partial charge in [-0.3, -0.25) is 14.7 Å². The van der Waals surface area contributed by atoms with Crippen LogP contribution in [-0.2, 0) is 6.54 Å². The Bertz CT molecular complexity index is 641. The molecule has 0 aliphatic heterocycles. The zero-order chi connectivity index (χ0) is 13.1. The van der Waals surface area contributed by atoms with Gasteiger partial charge >= 0.3 is 0 Å². The Morgan fingerprint density at radius 1 is 1.39 bits per heavy atom. The zero-order valence-electron chi connectivity index (χ0n) is 9.38. The van der Waals surface area contributed by atoms with E-state index in [0.29, 0.717) is 5.69 Å². The van der Waals surface area contributed by atoms with Gasteiger partial charge in [-0.1, -0.05) is 18.2 Å². The number of H-pyrrole nitrogens is 1. The van der Waals surface area contributed by atoms with Gasteiger partial charge in [-0.2, -0.15) is 5.11 Å². The summed E-state index contributed by atoms with van der Waals surface area (Å²) < 4.78 is 1.21. The van der Waals surface area contributed by atoms with Crippen molar-refractivity contribution in [3.8, 4) is 5.69 Å². The van der Waals surface area contributed by atoms with Gasteiger partial charge in [-0.05, 0) is 12.1 Å². The van der Waals surface area contributed by atoms with E-state index in [4.69, 9.17) is 11.3 Å². The van der Waals surface area contributed by atoms with Crippen molar-refractivity contribution in [1.82, 2.24) is 9.78 Å². The molecule has 7 heteroatoms. The first-order valence-corrected chi connectivity index (χ1v) is 5.17. The van der Waals surface area contributed by atoms with Crippen LogP contribution in [-0.4, -0.2) is 15.7 Å². The van der Waals surface area contributed by atoms with Crippen molar-refractivity contribution in [2.24, 2.45) is 10.8 Å². The summed E-state index contributed by atoms with van der Waals surface area (Å²) >= 11 is 0. The highest BCUT2D eigenvalue weighted by Crippen LogP contribution is 2.08. The van der Waals surface area contributed by atoms with Gasteiger partial charge in [0.05, 0.1) is 17.8 Å². The lowest BCUT2D eigenvalue weighted by molar-refractivity contribution is 0.0994. The lowest BCUT2D eigenvalue weighted by Crippen LogP contribution is -2.17. The first-order valence-electron chi connectivity index (χ1n) is 5.17. The van der Waals surface area contributed by atoms with E-state index in [9.17, 15) is 9.59 Å². The molecule has 92 valence electrons. The van der Waals surface area contributed by atoms with Crippen LogP contribution in [0.5, 0.6) is 0 Å². The largest absolute Gasteiger partial charge is 0.364 e. The molecule has 0 bridgehead atoms. The third kappa shape index (κ3) is 1.93. The van der Waals surface area contributed by atoms with Crippen molar-refractivity contribution in [3.05, 3.63) is 51.9 Å². The Morgan fingerprint density at radius 3 is 2.61 bits per heavy atom. The summed E-state index contributed by atoms with van der Waals surface area (Å²) in [5, 5.41) is 5.76. The molecule has 2 aromatic rings. The molecule has 0 saturated heterocycles. The predicted octanol–water partition coefficient (Wildman–Crippen LogP) is 0.795. The number of rotatable bonds is 4. The lowest BCUT2D eigenvalue weighted by atomic mass is 10.2. The van der Waals surface area contributed by atoms with Crippen molar-refractivity contribution < 1.29 is 4.79 Å². The quantitative estimate of drug-likeness (QED) is 0.691. The molecule has 1 aromatic heterocycles. The highest BCUT2D eigenvalue weighted by Gasteiger charge is 2.18. The van der Waals surface area contributed by atoms with E-state index in [0.717, 1.165) is 0 Å². The smallest absolute Gasteiger partial charge is 0.277 e. The average molecular weight is 245 g/mol. The van der Waals surface area contributed by atoms with E-state index in [1.807, 2.05) is 6.07 Å². The molecule has 0 unspecified atom stereocenters. The van der Waals surface area contributed by atoms with Crippen LogP contribution in [0.15, 0.2) is 40.2 Å². The number of hydrogen-bond donors (Lipinski definition) is 3. The fourth-order valence-electron chi connectivity index (χ4n) is 1.66. The summed E-state index contributed by atoms with van der Waals surface area (Å²) in [5.74, 6) is -0.750. The van der Waals surface area contributed by atoms with Crippen LogP contribution < -0.4 is 11.3 Å². The number of carbonyl (C=O) groups excluding carboxylic acids is 1. The van der Waals surface area contributed by atoms with Gasteiger partial charge in [-0.15, -0.1) is 0 Å². The molecule has 0 aliphatic carbocycles. The number of carbonyl (C=O) groups is 1. The van der Waals surface area contributed by atoms with Gasteiger partial charge in [0.2, 0.25) is 0 Å². The second kappa shape index (κ2) is 4.66. The molecular weight excluding hydrogens is 234 g/mol. The number of nitrogens with one attached hydrogen (secondary N) is 2. The van der Waals surface area contributed by atoms with Crippen LogP contribution in [0.4, 0.5) is 0 Å². The second-order valence-electron chi connectivity index (χ2n) is 3.62. The Hall–Kier alpha value is -2.70. The van der Waals surface area contributed by atoms with E-state index < -0.39 is 11.5 Å². The summed E-state index contributed by atoms with van der Waals surface area (Å²) in [6.07, 6.45) is 0. The maximum atomic E-state index is 12.1. The minimum Gasteiger partial charge on any atom is -0.364 e. The molecule has 2 rings (SSSR count). The molecule has 0 radical (unpaired) electrons. The van der Waals surface area contributed by atoms with Crippen LogP contribution in [0.2, 0.25) is 0 Å². The lowest BCUT2D eigenvalue weighted by Gasteiger charge is -1.99. The first kappa shape index (κ1) is 11.8. The Labute approximate surface area is 102 Å². The number of hydrogen-bond acceptors (Lipinski definition) is 4. The molecule has 18 heavy (non-hydrogen) atoms. The highest BCUT2D eigenvalue weighted by molar-refractivity contribution is 5.92. The number of para-hydroxylation sites is 1. The summed E-state index contributed by atoms with van der Waals surface area (Å²) in [6, 6.07) is 8.77. The minimum absolute atomic E-state index is 0.0140. The Balaban J connectivity index is 2.64. The molecule has 4 N–H and O–H groups in total. The molecule has 0 fully saturated rings. The number of nitrogens with two attached hydrogens (primary N) is 1. The van der Waals surface area contributed by atoms with E-state index >= 15 is 0 Å². The van der Waals surface area contributed by atoms with Crippen LogP contribution in [0.3, 0.4) is 0 Å². The second-order valence-corrected chi connectivity index (χ2v) is 3.62. The van der Waals surface area contributed by atoms with Gasteiger partial charge in [0.1, 0.15) is 5.69 Å². The van der Waals surface area contributed by atoms with E-state index in [-0.39, 0.29) is 17.8 Å². The molecular formula is C11H11N5O2. The number of benzene rings is 1. The molecule has 1 heterocycles. The standard InChI is InChI=1S/C11H11N5O2/c12-10(17)9-8(6-14-13)11(18)16(15-9)7-4-2-1-3-5-7/h1-5,13,15H,6H2,(H2,12,17). The number of nitrogens with zero attached hydrogens (tertiary/aromatic N) is 2. The number of primary amides is 1. The third-order valence-electron chi connectivity index (χ3n) is 2.48. The van der Waals surface area contributed by atoms with Crippen molar-refractivity contribution in [2.75, 3.05) is 0 Å². The molecule has 0 saturated carbocycles. The van der Waals surface area contributed by atoms with Crippen molar-refractivity contribution in [3.63, 3.8) is 0 Å². The summed E-state index contributed by atoms with van der Waals surface area (Å²) in [6.45, 7) is -0.173. The van der Waals surface area contributed by atoms with Crippen molar-refractivity contribution >= 4 is 5.91 Å². The summed E-state index contributed by atoms with van der Waals surface area (Å²) in [7, 11) is 0. The number of aromatic nitrogens is 2. The molecule has 7 nitrogen and oxygen atoms in total. The Kier molecular flexibility index (Phi) is 3.05. The zero-order valence-corrected chi connectivity index (χ0v) is 9.38. The third-order valence-corrected chi connectivity index (χ3v) is 2.48. The Morgan fingerprint density at radius 2 is 2.06 bits per heavy atom. The normalized spacial score (nSPS) is 10.2. The summed E-state index contributed by atoms with van der Waals surface area (Å²) in [4.78, 5) is 23.3. The van der Waals surface area contributed by atoms with Crippen molar-refractivity contribution in [1.29, 1.82) is 5.53 Å². The van der Waals surface area contributed by atoms with Gasteiger partial charge < -0.3 is 5.73 Å². The van der Waals surface area contributed by atoms with E-state index in [2.05, 4.69) is 10.2 Å². The highest BCUT2D eigenvalue weighted by atomic mass is 16.2. The fraction of sp³-hybridized carbons (Fsp3) is 0.0909. The topological polar surface area (TPSA) is 117 Å². The number of amides is 1. The van der Waals surface area contributed by atoms with E-state index in [1.165, 1.54) is 4.68 Å². The molecule has 0 atom stereocenters. The average Bonchev–Trinajstić information content (AvgIpc) is 2.69. The van der Waals surface area contributed by atoms with Crippen LogP contribution in [0.25, 0.3) is 5.69 Å². The van der Waals surface area contributed by atoms with Gasteiger partial charge in [0.25, 0.3) is 11.5 Å². The number of aromatic amines is 1. The molecule has 0 spiro atoms. The monoisotopic (exact) mass is 245 g/mol. The SMILES string of the molecule is N=NCc1c(C(N)=O)[nH]n(-c2ccccc2)c1=O. The molecule has 1 aromatic carbocycles. The fourth-order valence-corrected chi connectivity index (χ4v) is 1.66. The van der Waals surface area contributed by atoms with Gasteiger partial charge in [0, 0.05) is 0 Å². The van der Waals surface area contributed by atoms with Crippen LogP contribution in [0.1, 0.15) is 16.1 Å². The maximum Gasteiger partial charge on any atom is 0.277 e. The van der Waals surface area contributed by atoms with E-state index in [1.54, 1.807) is 24.3 Å². The summed E-state index contributed by atoms with van der Waals surface area (Å²) in [5.41, 5.74) is 12.2. The van der Waals surface area contributed by atoms with Gasteiger partial charge in [0.15, 0.2) is 0 Å². The maximum absolute atomic E-state index is 12.1. The molecule has 1 amide bonds. The minimum atomic E-state index is -0.750. The van der Waals surface area contributed by atoms with Crippen LogP contribution in [0, 0.1) is 5.53 Å². The van der Waals surface area contributed by atoms with Crippen LogP contribution >= 0.6 is 0 Å². The predicted molar refractivity (Wildman–Crippen MR) is 63.8 cm³/mol.